The number of aromatic nitrogens is 1. The summed E-state index contributed by atoms with van der Waals surface area (Å²) in [6.45, 7) is 3.90. The van der Waals surface area contributed by atoms with E-state index in [1.165, 1.54) is 17.0 Å². The van der Waals surface area contributed by atoms with Crippen molar-refractivity contribution in [2.24, 2.45) is 0 Å². The van der Waals surface area contributed by atoms with Gasteiger partial charge in [0.25, 0.3) is 0 Å². The van der Waals surface area contributed by atoms with Crippen LogP contribution in [0, 0.1) is 0 Å². The van der Waals surface area contributed by atoms with Crippen LogP contribution in [0.4, 0.5) is 10.8 Å². The van der Waals surface area contributed by atoms with Crippen molar-refractivity contribution < 1.29 is 14.3 Å². The molecule has 1 aromatic heterocycles. The van der Waals surface area contributed by atoms with E-state index in [2.05, 4.69) is 44.4 Å². The molecule has 0 unspecified atom stereocenters. The molecule has 1 N–H and O–H groups in total. The molecule has 3 aromatic rings. The number of anilines is 2. The maximum absolute atomic E-state index is 12.5. The van der Waals surface area contributed by atoms with Crippen molar-refractivity contribution in [2.75, 3.05) is 57.2 Å². The van der Waals surface area contributed by atoms with Gasteiger partial charge >= 0.3 is 0 Å². The molecule has 1 amide bonds. The van der Waals surface area contributed by atoms with Gasteiger partial charge < -0.3 is 19.7 Å². The summed E-state index contributed by atoms with van der Waals surface area (Å²) in [6.07, 6.45) is 0. The van der Waals surface area contributed by atoms with Gasteiger partial charge in [0.1, 0.15) is 11.5 Å². The lowest BCUT2D eigenvalue weighted by atomic mass is 10.1. The summed E-state index contributed by atoms with van der Waals surface area (Å²) in [6, 6.07) is 16.0. The molecule has 1 fully saturated rings. The van der Waals surface area contributed by atoms with Crippen molar-refractivity contribution in [3.8, 4) is 22.8 Å². The largest absolute Gasteiger partial charge is 0.497 e. The third kappa shape index (κ3) is 5.15. The number of benzene rings is 2. The van der Waals surface area contributed by atoms with E-state index in [1.807, 2.05) is 29.6 Å². The Morgan fingerprint density at radius 2 is 1.84 bits per heavy atom. The van der Waals surface area contributed by atoms with Crippen LogP contribution in [0.2, 0.25) is 0 Å². The van der Waals surface area contributed by atoms with Gasteiger partial charge in [-0.1, -0.05) is 18.2 Å². The fraction of sp³-hybridized carbons (Fsp3) is 0.304. The predicted octanol–water partition coefficient (Wildman–Crippen LogP) is 3.59. The van der Waals surface area contributed by atoms with Gasteiger partial charge in [-0.25, -0.2) is 4.98 Å². The van der Waals surface area contributed by atoms with Crippen molar-refractivity contribution >= 4 is 28.1 Å². The Morgan fingerprint density at radius 3 is 2.55 bits per heavy atom. The zero-order valence-electron chi connectivity index (χ0n) is 17.7. The number of para-hydroxylation sites is 1. The lowest BCUT2D eigenvalue weighted by Crippen LogP contribution is -2.48. The molecule has 1 aliphatic heterocycles. The van der Waals surface area contributed by atoms with Gasteiger partial charge in [0.15, 0.2) is 5.13 Å². The van der Waals surface area contributed by atoms with Gasteiger partial charge in [-0.2, -0.15) is 0 Å². The van der Waals surface area contributed by atoms with Crippen LogP contribution in [-0.2, 0) is 4.79 Å². The van der Waals surface area contributed by atoms with E-state index in [1.54, 1.807) is 14.2 Å². The first-order valence-corrected chi connectivity index (χ1v) is 11.0. The van der Waals surface area contributed by atoms with Crippen LogP contribution in [-0.4, -0.2) is 62.7 Å². The highest BCUT2D eigenvalue weighted by molar-refractivity contribution is 7.14. The number of nitrogens with zero attached hydrogens (tertiary/aromatic N) is 3. The highest BCUT2D eigenvalue weighted by Gasteiger charge is 2.20. The Hall–Kier alpha value is -3.10. The maximum Gasteiger partial charge on any atom is 0.240 e. The molecule has 0 atom stereocenters. The topological polar surface area (TPSA) is 66.9 Å². The van der Waals surface area contributed by atoms with E-state index in [-0.39, 0.29) is 5.91 Å². The first-order chi connectivity index (χ1) is 15.2. The van der Waals surface area contributed by atoms with E-state index in [0.29, 0.717) is 17.4 Å². The third-order valence-corrected chi connectivity index (χ3v) is 6.05. The number of piperazine rings is 1. The zero-order chi connectivity index (χ0) is 21.6. The average Bonchev–Trinajstić information content (AvgIpc) is 3.27. The summed E-state index contributed by atoms with van der Waals surface area (Å²) in [5.74, 6) is 1.35. The number of rotatable bonds is 7. The van der Waals surface area contributed by atoms with Gasteiger partial charge in [0, 0.05) is 48.9 Å². The third-order valence-electron chi connectivity index (χ3n) is 5.30. The Morgan fingerprint density at radius 1 is 1.06 bits per heavy atom. The van der Waals surface area contributed by atoms with Crippen molar-refractivity contribution in [2.45, 2.75) is 0 Å². The summed E-state index contributed by atoms with van der Waals surface area (Å²) in [4.78, 5) is 21.6. The molecule has 4 rings (SSSR count). The fourth-order valence-corrected chi connectivity index (χ4v) is 4.36. The Bertz CT molecular complexity index is 1020. The molecular formula is C23H26N4O3S. The minimum absolute atomic E-state index is 0.0456. The summed E-state index contributed by atoms with van der Waals surface area (Å²) < 4.78 is 10.7. The second kappa shape index (κ2) is 9.80. The molecule has 162 valence electrons. The summed E-state index contributed by atoms with van der Waals surface area (Å²) in [5, 5.41) is 5.43. The molecular weight excluding hydrogens is 412 g/mol. The summed E-state index contributed by atoms with van der Waals surface area (Å²) >= 11 is 1.40. The van der Waals surface area contributed by atoms with Crippen molar-refractivity contribution in [3.05, 3.63) is 53.9 Å². The van der Waals surface area contributed by atoms with Crippen LogP contribution in [0.15, 0.2) is 53.9 Å². The average molecular weight is 439 g/mol. The lowest BCUT2D eigenvalue weighted by Gasteiger charge is -2.35. The van der Waals surface area contributed by atoms with E-state index in [4.69, 9.17) is 9.47 Å². The SMILES string of the molecule is COc1ccc(-c2csc(NC(=O)CN3CCN(c4ccccc4)CC3)n2)c(OC)c1. The van der Waals surface area contributed by atoms with E-state index < -0.39 is 0 Å². The van der Waals surface area contributed by atoms with E-state index in [9.17, 15) is 4.79 Å². The first kappa shape index (κ1) is 21.1. The van der Waals surface area contributed by atoms with Crippen molar-refractivity contribution in [1.82, 2.24) is 9.88 Å². The number of hydrogen-bond donors (Lipinski definition) is 1. The van der Waals surface area contributed by atoms with Crippen LogP contribution in [0.1, 0.15) is 0 Å². The van der Waals surface area contributed by atoms with E-state index >= 15 is 0 Å². The number of amides is 1. The number of hydrogen-bond acceptors (Lipinski definition) is 7. The van der Waals surface area contributed by atoms with Gasteiger partial charge in [0.2, 0.25) is 5.91 Å². The molecule has 7 nitrogen and oxygen atoms in total. The second-order valence-electron chi connectivity index (χ2n) is 7.25. The van der Waals surface area contributed by atoms with Gasteiger partial charge in [-0.05, 0) is 24.3 Å². The smallest absolute Gasteiger partial charge is 0.240 e. The summed E-state index contributed by atoms with van der Waals surface area (Å²) in [7, 11) is 3.23. The highest BCUT2D eigenvalue weighted by atomic mass is 32.1. The van der Waals surface area contributed by atoms with Gasteiger partial charge in [0.05, 0.1) is 26.5 Å². The summed E-state index contributed by atoms with van der Waals surface area (Å²) in [5.41, 5.74) is 2.85. The molecule has 31 heavy (non-hydrogen) atoms. The number of nitrogens with one attached hydrogen (secondary N) is 1. The van der Waals surface area contributed by atoms with Gasteiger partial charge in [-0.15, -0.1) is 11.3 Å². The molecule has 0 saturated carbocycles. The Balaban J connectivity index is 1.32. The van der Waals surface area contributed by atoms with E-state index in [0.717, 1.165) is 43.2 Å². The number of ether oxygens (including phenoxy) is 2. The molecule has 8 heteroatoms. The molecule has 0 aliphatic carbocycles. The quantitative estimate of drug-likeness (QED) is 0.608. The number of methoxy groups -OCH3 is 2. The first-order valence-electron chi connectivity index (χ1n) is 10.2. The van der Waals surface area contributed by atoms with Crippen LogP contribution in [0.3, 0.4) is 0 Å². The number of carbonyl (C=O) groups excluding carboxylic acids is 1. The Kier molecular flexibility index (Phi) is 6.69. The Labute approximate surface area is 186 Å². The second-order valence-corrected chi connectivity index (χ2v) is 8.11. The molecule has 0 spiro atoms. The molecule has 1 saturated heterocycles. The highest BCUT2D eigenvalue weighted by Crippen LogP contribution is 2.34. The van der Waals surface area contributed by atoms with Crippen LogP contribution in [0.5, 0.6) is 11.5 Å². The van der Waals surface area contributed by atoms with Gasteiger partial charge in [-0.3, -0.25) is 9.69 Å². The normalized spacial score (nSPS) is 14.3. The van der Waals surface area contributed by atoms with Crippen molar-refractivity contribution in [3.63, 3.8) is 0 Å². The molecule has 0 radical (unpaired) electrons. The number of carbonyl (C=O) groups is 1. The van der Waals surface area contributed by atoms with Crippen molar-refractivity contribution in [1.29, 1.82) is 0 Å². The molecule has 1 aliphatic rings. The van der Waals surface area contributed by atoms with Crippen LogP contribution >= 0.6 is 11.3 Å². The minimum atomic E-state index is -0.0456. The monoisotopic (exact) mass is 438 g/mol. The fourth-order valence-electron chi connectivity index (χ4n) is 3.63. The number of thiazole rings is 1. The van der Waals surface area contributed by atoms with Crippen LogP contribution < -0.4 is 19.7 Å². The standard InChI is InChI=1S/C23H26N4O3S/c1-29-18-8-9-19(21(14-18)30-2)20-16-31-23(24-20)25-22(28)15-26-10-12-27(13-11-26)17-6-4-3-5-7-17/h3-9,14,16H,10-13,15H2,1-2H3,(H,24,25,28). The molecule has 2 heterocycles. The predicted molar refractivity (Wildman–Crippen MR) is 124 cm³/mol. The molecule has 2 aromatic carbocycles. The zero-order valence-corrected chi connectivity index (χ0v) is 18.5. The molecule has 0 bridgehead atoms. The maximum atomic E-state index is 12.5. The lowest BCUT2D eigenvalue weighted by molar-refractivity contribution is -0.117. The van der Waals surface area contributed by atoms with Crippen LogP contribution in [0.25, 0.3) is 11.3 Å². The minimum Gasteiger partial charge on any atom is -0.497 e.